The maximum absolute atomic E-state index is 13.0. The van der Waals surface area contributed by atoms with E-state index in [1.165, 1.54) is 18.2 Å². The van der Waals surface area contributed by atoms with Gasteiger partial charge in [0.15, 0.2) is 11.5 Å². The average Bonchev–Trinajstić information content (AvgIpc) is 2.82. The summed E-state index contributed by atoms with van der Waals surface area (Å²) in [4.78, 5) is 4.04. The molecule has 0 aliphatic carbocycles. The summed E-state index contributed by atoms with van der Waals surface area (Å²) >= 11 is 5.63. The topological polar surface area (TPSA) is 103 Å². The predicted molar refractivity (Wildman–Crippen MR) is 64.0 cm³/mol. The third-order valence-electron chi connectivity index (χ3n) is 2.15. The minimum atomic E-state index is -0.528. The monoisotopic (exact) mass is 269 g/mol. The SMILES string of the molecule is NCc1nonc1C(N)=Nc1ccc(F)c(Cl)c1. The van der Waals surface area contributed by atoms with Gasteiger partial charge in [-0.25, -0.2) is 14.0 Å². The highest BCUT2D eigenvalue weighted by Crippen LogP contribution is 2.22. The molecule has 0 aliphatic heterocycles. The lowest BCUT2D eigenvalue weighted by atomic mass is 10.3. The zero-order chi connectivity index (χ0) is 13.1. The van der Waals surface area contributed by atoms with Crippen LogP contribution >= 0.6 is 11.6 Å². The van der Waals surface area contributed by atoms with Gasteiger partial charge in [-0.2, -0.15) is 0 Å². The van der Waals surface area contributed by atoms with Crippen molar-refractivity contribution < 1.29 is 9.02 Å². The third-order valence-corrected chi connectivity index (χ3v) is 2.43. The normalized spacial score (nSPS) is 11.8. The first-order chi connectivity index (χ1) is 8.61. The number of aromatic nitrogens is 2. The smallest absolute Gasteiger partial charge is 0.174 e. The summed E-state index contributed by atoms with van der Waals surface area (Å²) in [5.41, 5.74) is 12.2. The van der Waals surface area contributed by atoms with Crippen molar-refractivity contribution in [3.05, 3.63) is 40.4 Å². The highest BCUT2D eigenvalue weighted by molar-refractivity contribution is 6.31. The van der Waals surface area contributed by atoms with Gasteiger partial charge in [0.05, 0.1) is 10.7 Å². The molecule has 2 rings (SSSR count). The Bertz CT molecular complexity index is 598. The van der Waals surface area contributed by atoms with E-state index >= 15 is 0 Å². The molecular weight excluding hydrogens is 261 g/mol. The van der Waals surface area contributed by atoms with Crippen LogP contribution < -0.4 is 11.5 Å². The van der Waals surface area contributed by atoms with Gasteiger partial charge in [-0.3, -0.25) is 0 Å². The Labute approximate surface area is 106 Å². The summed E-state index contributed by atoms with van der Waals surface area (Å²) in [6, 6.07) is 3.97. The number of hydrogen-bond acceptors (Lipinski definition) is 5. The fraction of sp³-hybridized carbons (Fsp3) is 0.100. The molecule has 0 fully saturated rings. The fourth-order valence-electron chi connectivity index (χ4n) is 1.28. The van der Waals surface area contributed by atoms with Crippen LogP contribution in [0, 0.1) is 5.82 Å². The highest BCUT2D eigenvalue weighted by Gasteiger charge is 2.12. The molecule has 2 aromatic rings. The summed E-state index contributed by atoms with van der Waals surface area (Å²) in [5, 5.41) is 7.12. The van der Waals surface area contributed by atoms with Gasteiger partial charge in [0.1, 0.15) is 11.5 Å². The highest BCUT2D eigenvalue weighted by atomic mass is 35.5. The number of aliphatic imine (C=N–C) groups is 1. The van der Waals surface area contributed by atoms with Crippen molar-refractivity contribution in [2.45, 2.75) is 6.54 Å². The quantitative estimate of drug-likeness (QED) is 0.647. The second-order valence-electron chi connectivity index (χ2n) is 3.36. The van der Waals surface area contributed by atoms with Crippen LogP contribution in [-0.4, -0.2) is 16.1 Å². The average molecular weight is 270 g/mol. The molecule has 18 heavy (non-hydrogen) atoms. The van der Waals surface area contributed by atoms with Gasteiger partial charge >= 0.3 is 0 Å². The van der Waals surface area contributed by atoms with E-state index in [9.17, 15) is 4.39 Å². The van der Waals surface area contributed by atoms with Gasteiger partial charge in [-0.1, -0.05) is 16.8 Å². The number of rotatable bonds is 3. The summed E-state index contributed by atoms with van der Waals surface area (Å²) < 4.78 is 17.5. The molecule has 1 aromatic heterocycles. The summed E-state index contributed by atoms with van der Waals surface area (Å²) in [6.45, 7) is 0.124. The molecule has 0 atom stereocenters. The Morgan fingerprint density at radius 3 is 2.89 bits per heavy atom. The van der Waals surface area contributed by atoms with Crippen LogP contribution in [0.1, 0.15) is 11.4 Å². The van der Waals surface area contributed by atoms with Crippen LogP contribution in [0.4, 0.5) is 10.1 Å². The Balaban J connectivity index is 2.35. The third kappa shape index (κ3) is 2.47. The van der Waals surface area contributed by atoms with E-state index in [4.69, 9.17) is 23.1 Å². The van der Waals surface area contributed by atoms with Crippen LogP contribution in [0.15, 0.2) is 27.8 Å². The number of halogens is 2. The van der Waals surface area contributed by atoms with Crippen molar-refractivity contribution in [3.63, 3.8) is 0 Å². The summed E-state index contributed by atoms with van der Waals surface area (Å²) in [6.07, 6.45) is 0. The molecule has 0 bridgehead atoms. The van der Waals surface area contributed by atoms with Gasteiger partial charge in [0.25, 0.3) is 0 Å². The van der Waals surface area contributed by atoms with Crippen LogP contribution in [0.3, 0.4) is 0 Å². The maximum Gasteiger partial charge on any atom is 0.174 e. The molecule has 0 unspecified atom stereocenters. The molecule has 0 spiro atoms. The van der Waals surface area contributed by atoms with E-state index in [-0.39, 0.29) is 23.1 Å². The van der Waals surface area contributed by atoms with E-state index < -0.39 is 5.82 Å². The van der Waals surface area contributed by atoms with Crippen LogP contribution in [0.25, 0.3) is 0 Å². The van der Waals surface area contributed by atoms with Gasteiger partial charge in [0.2, 0.25) is 0 Å². The molecule has 0 aliphatic rings. The van der Waals surface area contributed by atoms with Gasteiger partial charge in [-0.15, -0.1) is 0 Å². The molecule has 1 heterocycles. The molecule has 0 saturated heterocycles. The first-order valence-electron chi connectivity index (χ1n) is 4.93. The van der Waals surface area contributed by atoms with Crippen molar-refractivity contribution in [1.82, 2.24) is 10.3 Å². The van der Waals surface area contributed by atoms with Crippen molar-refractivity contribution in [1.29, 1.82) is 0 Å². The predicted octanol–water partition coefficient (Wildman–Crippen LogP) is 1.36. The van der Waals surface area contributed by atoms with E-state index in [1.807, 2.05) is 0 Å². The lowest BCUT2D eigenvalue weighted by molar-refractivity contribution is 0.302. The Hall–Kier alpha value is -1.99. The lowest BCUT2D eigenvalue weighted by Crippen LogP contribution is -2.17. The second kappa shape index (κ2) is 5.11. The number of amidine groups is 1. The van der Waals surface area contributed by atoms with Crippen molar-refractivity contribution in [3.8, 4) is 0 Å². The van der Waals surface area contributed by atoms with Crippen LogP contribution in [0.5, 0.6) is 0 Å². The first-order valence-corrected chi connectivity index (χ1v) is 5.30. The van der Waals surface area contributed by atoms with E-state index in [0.29, 0.717) is 11.4 Å². The standard InChI is InChI=1S/C10H9ClFN5O/c11-6-3-5(1-2-7(6)12)15-10(14)9-8(4-13)16-18-17-9/h1-3H,4,13H2,(H2,14,15). The largest absolute Gasteiger partial charge is 0.382 e. The molecule has 6 nitrogen and oxygen atoms in total. The number of benzene rings is 1. The Morgan fingerprint density at radius 1 is 1.44 bits per heavy atom. The van der Waals surface area contributed by atoms with E-state index in [2.05, 4.69) is 19.9 Å². The van der Waals surface area contributed by atoms with Gasteiger partial charge in [-0.05, 0) is 23.4 Å². The minimum absolute atomic E-state index is 0.0404. The van der Waals surface area contributed by atoms with Crippen molar-refractivity contribution >= 4 is 23.1 Å². The number of hydrogen-bond donors (Lipinski definition) is 2. The minimum Gasteiger partial charge on any atom is -0.382 e. The van der Waals surface area contributed by atoms with Crippen LogP contribution in [0.2, 0.25) is 5.02 Å². The van der Waals surface area contributed by atoms with E-state index in [0.717, 1.165) is 0 Å². The number of nitrogens with two attached hydrogens (primary N) is 2. The fourth-order valence-corrected chi connectivity index (χ4v) is 1.46. The van der Waals surface area contributed by atoms with Crippen molar-refractivity contribution in [2.24, 2.45) is 16.5 Å². The zero-order valence-corrected chi connectivity index (χ0v) is 9.86. The zero-order valence-electron chi connectivity index (χ0n) is 9.10. The lowest BCUT2D eigenvalue weighted by Gasteiger charge is -1.99. The Morgan fingerprint density at radius 2 is 2.22 bits per heavy atom. The molecule has 8 heteroatoms. The van der Waals surface area contributed by atoms with Crippen molar-refractivity contribution in [2.75, 3.05) is 0 Å². The van der Waals surface area contributed by atoms with Gasteiger partial charge < -0.3 is 11.5 Å². The molecule has 4 N–H and O–H groups in total. The molecule has 0 saturated carbocycles. The van der Waals surface area contributed by atoms with Crippen LogP contribution in [-0.2, 0) is 6.54 Å². The Kier molecular flexibility index (Phi) is 3.54. The van der Waals surface area contributed by atoms with Gasteiger partial charge in [0, 0.05) is 6.54 Å². The van der Waals surface area contributed by atoms with E-state index in [1.54, 1.807) is 0 Å². The maximum atomic E-state index is 13.0. The number of nitrogens with zero attached hydrogens (tertiary/aromatic N) is 3. The molecular formula is C10H9ClFN5O. The first kappa shape index (κ1) is 12.5. The summed E-state index contributed by atoms with van der Waals surface area (Å²) in [5.74, 6) is -0.459. The molecule has 1 aromatic carbocycles. The second-order valence-corrected chi connectivity index (χ2v) is 3.77. The molecule has 94 valence electrons. The molecule has 0 amide bonds. The summed E-state index contributed by atoms with van der Waals surface area (Å²) in [7, 11) is 0. The molecule has 0 radical (unpaired) electrons.